The predicted molar refractivity (Wildman–Crippen MR) is 121 cm³/mol. The summed E-state index contributed by atoms with van der Waals surface area (Å²) in [6, 6.07) is 0. The molecule has 4 nitrogen and oxygen atoms in total. The van der Waals surface area contributed by atoms with Crippen LogP contribution in [0.15, 0.2) is 12.7 Å². The zero-order chi connectivity index (χ0) is 20.5. The Bertz CT molecular complexity index is 453. The summed E-state index contributed by atoms with van der Waals surface area (Å²) in [5.41, 5.74) is 0. The van der Waals surface area contributed by atoms with Gasteiger partial charge in [-0.3, -0.25) is 4.79 Å². The molecule has 0 radical (unpaired) electrons. The van der Waals surface area contributed by atoms with E-state index in [1.807, 2.05) is 0 Å². The van der Waals surface area contributed by atoms with Crippen LogP contribution >= 0.6 is 35.7 Å². The minimum Gasteiger partial charge on any atom is -0.465 e. The topological polar surface area (TPSA) is 52.6 Å². The van der Waals surface area contributed by atoms with Crippen molar-refractivity contribution < 1.29 is 19.1 Å². The van der Waals surface area contributed by atoms with Gasteiger partial charge >= 0.3 is 11.9 Å². The van der Waals surface area contributed by atoms with Crippen molar-refractivity contribution in [1.29, 1.82) is 0 Å². The van der Waals surface area contributed by atoms with E-state index < -0.39 is 0 Å². The summed E-state index contributed by atoms with van der Waals surface area (Å²) in [5.74, 6) is 0.876. The molecule has 0 saturated carbocycles. The van der Waals surface area contributed by atoms with Crippen molar-refractivity contribution in [2.24, 2.45) is 5.92 Å². The van der Waals surface area contributed by atoms with E-state index in [4.69, 9.17) is 21.7 Å². The molecule has 0 amide bonds. The van der Waals surface area contributed by atoms with Crippen molar-refractivity contribution in [3.05, 3.63) is 12.7 Å². The van der Waals surface area contributed by atoms with Crippen LogP contribution in [0.25, 0.3) is 0 Å². The van der Waals surface area contributed by atoms with Gasteiger partial charge < -0.3 is 9.47 Å². The quantitative estimate of drug-likeness (QED) is 0.140. The maximum absolute atomic E-state index is 12.4. The first kappa shape index (κ1) is 26.5. The standard InChI is InChI=1S/C20H34O4S3/c1-5-7-14-26-20(25)27-17(15-16(3)4)19(22)24-13-11-9-8-10-12-23-18(21)6-2/h6,16-17H,2,5,7-15H2,1,3-4H3. The molecule has 1 atom stereocenters. The Balaban J connectivity index is 4.02. The highest BCUT2D eigenvalue weighted by atomic mass is 32.2. The number of hydrogen-bond donors (Lipinski definition) is 0. The highest BCUT2D eigenvalue weighted by Gasteiger charge is 2.23. The summed E-state index contributed by atoms with van der Waals surface area (Å²) in [7, 11) is 0. The first-order valence-corrected chi connectivity index (χ1v) is 12.0. The number of esters is 2. The molecule has 0 saturated heterocycles. The molecule has 0 N–H and O–H groups in total. The molecule has 0 bridgehead atoms. The number of unbranched alkanes of at least 4 members (excludes halogenated alkanes) is 4. The molecule has 0 aliphatic rings. The van der Waals surface area contributed by atoms with Crippen molar-refractivity contribution in [3.63, 3.8) is 0 Å². The van der Waals surface area contributed by atoms with Crippen molar-refractivity contribution in [2.75, 3.05) is 19.0 Å². The van der Waals surface area contributed by atoms with E-state index in [1.54, 1.807) is 11.8 Å². The fraction of sp³-hybridized carbons (Fsp3) is 0.750. The minimum atomic E-state index is -0.386. The van der Waals surface area contributed by atoms with Gasteiger partial charge in [0.1, 0.15) is 8.78 Å². The van der Waals surface area contributed by atoms with Crippen molar-refractivity contribution in [2.45, 2.75) is 71.0 Å². The van der Waals surface area contributed by atoms with Crippen LogP contribution in [0.4, 0.5) is 0 Å². The number of thiocarbonyl (C=S) groups is 1. The Morgan fingerprint density at radius 3 is 2.26 bits per heavy atom. The molecule has 0 rings (SSSR count). The number of carbonyl (C=O) groups excluding carboxylic acids is 2. The predicted octanol–water partition coefficient (Wildman–Crippen LogP) is 5.79. The van der Waals surface area contributed by atoms with Crippen molar-refractivity contribution in [3.8, 4) is 0 Å². The summed E-state index contributed by atoms with van der Waals surface area (Å²) < 4.78 is 11.2. The first-order valence-electron chi connectivity index (χ1n) is 9.69. The molecule has 0 aliphatic heterocycles. The van der Waals surface area contributed by atoms with E-state index >= 15 is 0 Å². The first-order chi connectivity index (χ1) is 12.9. The smallest absolute Gasteiger partial charge is 0.330 e. The van der Waals surface area contributed by atoms with Crippen LogP contribution in [0.2, 0.25) is 0 Å². The monoisotopic (exact) mass is 434 g/mol. The fourth-order valence-electron chi connectivity index (χ4n) is 2.13. The number of hydrogen-bond acceptors (Lipinski definition) is 7. The third-order valence-electron chi connectivity index (χ3n) is 3.60. The van der Waals surface area contributed by atoms with Crippen LogP contribution in [0.1, 0.15) is 65.7 Å². The van der Waals surface area contributed by atoms with Crippen molar-refractivity contribution in [1.82, 2.24) is 0 Å². The number of rotatable bonds is 15. The van der Waals surface area contributed by atoms with E-state index in [9.17, 15) is 9.59 Å². The average molecular weight is 435 g/mol. The molecule has 1 unspecified atom stereocenters. The molecule has 0 aromatic rings. The van der Waals surface area contributed by atoms with Crippen LogP contribution in [-0.2, 0) is 19.1 Å². The third-order valence-corrected chi connectivity index (χ3v) is 6.47. The van der Waals surface area contributed by atoms with Gasteiger partial charge in [-0.15, -0.1) is 11.8 Å². The minimum absolute atomic E-state index is 0.160. The van der Waals surface area contributed by atoms with E-state index in [-0.39, 0.29) is 17.2 Å². The SMILES string of the molecule is C=CC(=O)OCCCCCCOC(=O)C(CC(C)C)SC(=S)SCCCC. The van der Waals surface area contributed by atoms with E-state index in [0.29, 0.717) is 19.1 Å². The molecular formula is C20H34O4S3. The fourth-order valence-corrected chi connectivity index (χ4v) is 5.07. The Morgan fingerprint density at radius 2 is 1.70 bits per heavy atom. The molecule has 0 heterocycles. The second kappa shape index (κ2) is 17.6. The van der Waals surface area contributed by atoms with Gasteiger partial charge in [-0.05, 0) is 50.2 Å². The molecule has 0 fully saturated rings. The van der Waals surface area contributed by atoms with E-state index in [0.717, 1.165) is 54.2 Å². The molecule has 0 aromatic heterocycles. The summed E-state index contributed by atoms with van der Waals surface area (Å²) in [4.78, 5) is 23.3. The lowest BCUT2D eigenvalue weighted by atomic mass is 10.1. The Morgan fingerprint density at radius 1 is 1.07 bits per heavy atom. The van der Waals surface area contributed by atoms with Crippen LogP contribution < -0.4 is 0 Å². The lowest BCUT2D eigenvalue weighted by Gasteiger charge is -2.17. The summed E-state index contributed by atoms with van der Waals surface area (Å²) >= 11 is 8.55. The highest BCUT2D eigenvalue weighted by molar-refractivity contribution is 8.47. The second-order valence-corrected chi connectivity index (χ2v) is 10.1. The van der Waals surface area contributed by atoms with Gasteiger partial charge in [-0.1, -0.05) is 57.8 Å². The Hall–Kier alpha value is -0.530. The van der Waals surface area contributed by atoms with Gasteiger partial charge in [0, 0.05) is 6.08 Å². The summed E-state index contributed by atoms with van der Waals surface area (Å²) in [6.07, 6.45) is 7.71. The lowest BCUT2D eigenvalue weighted by molar-refractivity contribution is -0.143. The van der Waals surface area contributed by atoms with Gasteiger partial charge in [0.2, 0.25) is 0 Å². The second-order valence-electron chi connectivity index (χ2n) is 6.64. The van der Waals surface area contributed by atoms with Gasteiger partial charge in [-0.25, -0.2) is 4.79 Å². The Labute approximate surface area is 178 Å². The molecule has 0 aliphatic carbocycles. The van der Waals surface area contributed by atoms with Gasteiger partial charge in [0.15, 0.2) is 0 Å². The van der Waals surface area contributed by atoms with Gasteiger partial charge in [0.25, 0.3) is 0 Å². The van der Waals surface area contributed by atoms with Crippen LogP contribution in [0, 0.1) is 5.92 Å². The molecule has 27 heavy (non-hydrogen) atoms. The zero-order valence-electron chi connectivity index (χ0n) is 16.9. The van der Waals surface area contributed by atoms with Crippen LogP contribution in [0.3, 0.4) is 0 Å². The third kappa shape index (κ3) is 16.2. The molecule has 0 aromatic carbocycles. The summed E-state index contributed by atoms with van der Waals surface area (Å²) in [6.45, 7) is 10.6. The molecule has 0 spiro atoms. The highest BCUT2D eigenvalue weighted by Crippen LogP contribution is 2.28. The number of carbonyl (C=O) groups is 2. The van der Waals surface area contributed by atoms with E-state index in [1.165, 1.54) is 17.8 Å². The Kier molecular flexibility index (Phi) is 17.2. The van der Waals surface area contributed by atoms with Crippen LogP contribution in [0.5, 0.6) is 0 Å². The average Bonchev–Trinajstić information content (AvgIpc) is 2.62. The number of ether oxygens (including phenoxy) is 2. The maximum Gasteiger partial charge on any atom is 0.330 e. The zero-order valence-corrected chi connectivity index (χ0v) is 19.3. The van der Waals surface area contributed by atoms with Gasteiger partial charge in [0.05, 0.1) is 13.2 Å². The van der Waals surface area contributed by atoms with Crippen LogP contribution in [-0.4, -0.2) is 39.7 Å². The van der Waals surface area contributed by atoms with Crippen molar-refractivity contribution >= 4 is 51.2 Å². The summed E-state index contributed by atoms with van der Waals surface area (Å²) in [5, 5.41) is -0.218. The molecule has 7 heteroatoms. The van der Waals surface area contributed by atoms with E-state index in [2.05, 4.69) is 27.4 Å². The largest absolute Gasteiger partial charge is 0.465 e. The van der Waals surface area contributed by atoms with Gasteiger partial charge in [-0.2, -0.15) is 0 Å². The molecule has 156 valence electrons. The maximum atomic E-state index is 12.4. The molecular weight excluding hydrogens is 400 g/mol. The normalized spacial score (nSPS) is 11.9. The number of thioether (sulfide) groups is 2. The lowest BCUT2D eigenvalue weighted by Crippen LogP contribution is -2.23.